The lowest BCUT2D eigenvalue weighted by Crippen LogP contribution is -2.10. The zero-order valence-corrected chi connectivity index (χ0v) is 10.2. The molecule has 0 saturated heterocycles. The van der Waals surface area contributed by atoms with E-state index in [1.54, 1.807) is 18.2 Å². The number of methoxy groups -OCH3 is 1. The van der Waals surface area contributed by atoms with Crippen molar-refractivity contribution in [3.8, 4) is 11.5 Å². The molecule has 0 aliphatic rings. The fourth-order valence-electron chi connectivity index (χ4n) is 1.39. The number of aldehydes is 1. The molecule has 4 heteroatoms. The Labute approximate surface area is 101 Å². The average molecular weight is 238 g/mol. The topological polar surface area (TPSA) is 55.8 Å². The van der Waals surface area contributed by atoms with E-state index >= 15 is 0 Å². The van der Waals surface area contributed by atoms with Crippen molar-refractivity contribution >= 4 is 6.29 Å². The van der Waals surface area contributed by atoms with Gasteiger partial charge in [-0.1, -0.05) is 6.92 Å². The molecule has 0 fully saturated rings. The number of carbonyl (C=O) groups is 1. The summed E-state index contributed by atoms with van der Waals surface area (Å²) in [6.45, 7) is 2.34. The van der Waals surface area contributed by atoms with Gasteiger partial charge in [-0.25, -0.2) is 0 Å². The van der Waals surface area contributed by atoms with Crippen LogP contribution in [-0.2, 0) is 0 Å². The summed E-state index contributed by atoms with van der Waals surface area (Å²) in [5.74, 6) is 1.11. The first-order chi connectivity index (χ1) is 8.21. The Bertz CT molecular complexity index is 362. The van der Waals surface area contributed by atoms with Gasteiger partial charge in [-0.2, -0.15) is 0 Å². The summed E-state index contributed by atoms with van der Waals surface area (Å²) in [5.41, 5.74) is 0.544. The van der Waals surface area contributed by atoms with Crippen molar-refractivity contribution in [1.82, 2.24) is 0 Å². The number of hydrogen-bond acceptors (Lipinski definition) is 4. The molecule has 94 valence electrons. The largest absolute Gasteiger partial charge is 0.493 e. The minimum Gasteiger partial charge on any atom is -0.493 e. The van der Waals surface area contributed by atoms with Crippen LogP contribution in [0.2, 0.25) is 0 Å². The summed E-state index contributed by atoms with van der Waals surface area (Å²) in [6.07, 6.45) is 1.71. The molecule has 0 radical (unpaired) electrons. The molecule has 0 spiro atoms. The second-order valence-corrected chi connectivity index (χ2v) is 3.73. The lowest BCUT2D eigenvalue weighted by Gasteiger charge is -2.12. The SMILES string of the molecule is CCC(O)CCOc1ccc(C=O)cc1OC. The molecule has 1 aromatic carbocycles. The molecule has 17 heavy (non-hydrogen) atoms. The third-order valence-corrected chi connectivity index (χ3v) is 2.50. The van der Waals surface area contributed by atoms with Crippen LogP contribution in [0.5, 0.6) is 11.5 Å². The summed E-state index contributed by atoms with van der Waals surface area (Å²) >= 11 is 0. The molecule has 1 aromatic rings. The van der Waals surface area contributed by atoms with Gasteiger partial charge in [0, 0.05) is 12.0 Å². The van der Waals surface area contributed by atoms with E-state index in [-0.39, 0.29) is 6.10 Å². The molecule has 1 rings (SSSR count). The summed E-state index contributed by atoms with van der Waals surface area (Å²) in [5, 5.41) is 9.39. The molecule has 0 heterocycles. The molecule has 1 atom stereocenters. The third kappa shape index (κ3) is 4.07. The summed E-state index contributed by atoms with van der Waals surface area (Å²) in [6, 6.07) is 4.99. The van der Waals surface area contributed by atoms with Gasteiger partial charge in [0.2, 0.25) is 0 Å². The Morgan fingerprint density at radius 1 is 1.41 bits per heavy atom. The monoisotopic (exact) mass is 238 g/mol. The summed E-state index contributed by atoms with van der Waals surface area (Å²) in [7, 11) is 1.53. The minimum absolute atomic E-state index is 0.338. The van der Waals surface area contributed by atoms with Gasteiger partial charge in [0.05, 0.1) is 19.8 Å². The molecule has 0 aromatic heterocycles. The van der Waals surface area contributed by atoms with E-state index in [0.717, 1.165) is 6.29 Å². The molecular weight excluding hydrogens is 220 g/mol. The lowest BCUT2D eigenvalue weighted by atomic mass is 10.2. The van der Waals surface area contributed by atoms with Crippen LogP contribution in [0.25, 0.3) is 0 Å². The van der Waals surface area contributed by atoms with E-state index in [1.807, 2.05) is 6.92 Å². The average Bonchev–Trinajstić information content (AvgIpc) is 2.38. The van der Waals surface area contributed by atoms with Crippen LogP contribution in [0.1, 0.15) is 30.1 Å². The molecular formula is C13H18O4. The van der Waals surface area contributed by atoms with Gasteiger partial charge >= 0.3 is 0 Å². The number of aliphatic hydroxyl groups excluding tert-OH is 1. The lowest BCUT2D eigenvalue weighted by molar-refractivity contribution is 0.112. The number of benzene rings is 1. The molecule has 0 aliphatic heterocycles. The van der Waals surface area contributed by atoms with Gasteiger partial charge in [-0.15, -0.1) is 0 Å². The fourth-order valence-corrected chi connectivity index (χ4v) is 1.39. The number of ether oxygens (including phenoxy) is 2. The van der Waals surface area contributed by atoms with Crippen molar-refractivity contribution in [1.29, 1.82) is 0 Å². The summed E-state index contributed by atoms with van der Waals surface area (Å²) < 4.78 is 10.6. The van der Waals surface area contributed by atoms with Crippen molar-refractivity contribution in [3.05, 3.63) is 23.8 Å². The molecule has 1 unspecified atom stereocenters. The quantitative estimate of drug-likeness (QED) is 0.739. The van der Waals surface area contributed by atoms with Crippen LogP contribution in [0.3, 0.4) is 0 Å². The maximum absolute atomic E-state index is 10.6. The number of rotatable bonds is 7. The third-order valence-electron chi connectivity index (χ3n) is 2.50. The van der Waals surface area contributed by atoms with E-state index in [4.69, 9.17) is 9.47 Å². The number of aliphatic hydroxyl groups is 1. The van der Waals surface area contributed by atoms with Crippen molar-refractivity contribution in [2.45, 2.75) is 25.9 Å². The zero-order valence-electron chi connectivity index (χ0n) is 10.2. The molecule has 0 bridgehead atoms. The maximum atomic E-state index is 10.6. The van der Waals surface area contributed by atoms with Crippen molar-refractivity contribution in [2.75, 3.05) is 13.7 Å². The van der Waals surface area contributed by atoms with Crippen molar-refractivity contribution < 1.29 is 19.4 Å². The second kappa shape index (κ2) is 6.91. The first-order valence-corrected chi connectivity index (χ1v) is 5.65. The van der Waals surface area contributed by atoms with Crippen LogP contribution in [0.15, 0.2) is 18.2 Å². The predicted octanol–water partition coefficient (Wildman–Crippen LogP) is 2.05. The van der Waals surface area contributed by atoms with E-state index in [2.05, 4.69) is 0 Å². The van der Waals surface area contributed by atoms with Gasteiger partial charge in [-0.3, -0.25) is 4.79 Å². The van der Waals surface area contributed by atoms with Crippen molar-refractivity contribution in [3.63, 3.8) is 0 Å². The van der Waals surface area contributed by atoms with Crippen LogP contribution < -0.4 is 9.47 Å². The van der Waals surface area contributed by atoms with Crippen LogP contribution >= 0.6 is 0 Å². The Balaban J connectivity index is 2.61. The minimum atomic E-state index is -0.338. The Morgan fingerprint density at radius 3 is 2.76 bits per heavy atom. The van der Waals surface area contributed by atoms with Gasteiger partial charge < -0.3 is 14.6 Å². The van der Waals surface area contributed by atoms with E-state index < -0.39 is 0 Å². The van der Waals surface area contributed by atoms with Gasteiger partial charge in [0.15, 0.2) is 11.5 Å². The molecule has 4 nitrogen and oxygen atoms in total. The highest BCUT2D eigenvalue weighted by Gasteiger charge is 2.06. The fraction of sp³-hybridized carbons (Fsp3) is 0.462. The van der Waals surface area contributed by atoms with Crippen LogP contribution in [-0.4, -0.2) is 31.2 Å². The maximum Gasteiger partial charge on any atom is 0.161 e. The Kier molecular flexibility index (Phi) is 5.49. The number of hydrogen-bond donors (Lipinski definition) is 1. The zero-order chi connectivity index (χ0) is 12.7. The molecule has 0 saturated carbocycles. The Hall–Kier alpha value is -1.55. The van der Waals surface area contributed by atoms with E-state index in [9.17, 15) is 9.90 Å². The van der Waals surface area contributed by atoms with Crippen LogP contribution in [0, 0.1) is 0 Å². The normalized spacial score (nSPS) is 11.9. The van der Waals surface area contributed by atoms with E-state index in [0.29, 0.717) is 36.5 Å². The predicted molar refractivity (Wildman–Crippen MR) is 64.8 cm³/mol. The van der Waals surface area contributed by atoms with Crippen LogP contribution in [0.4, 0.5) is 0 Å². The smallest absolute Gasteiger partial charge is 0.161 e. The standard InChI is InChI=1S/C13H18O4/c1-3-11(15)6-7-17-12-5-4-10(9-14)8-13(12)16-2/h4-5,8-9,11,15H,3,6-7H2,1-2H3. The second-order valence-electron chi connectivity index (χ2n) is 3.73. The highest BCUT2D eigenvalue weighted by Crippen LogP contribution is 2.27. The van der Waals surface area contributed by atoms with Crippen molar-refractivity contribution in [2.24, 2.45) is 0 Å². The van der Waals surface area contributed by atoms with Gasteiger partial charge in [-0.05, 0) is 24.6 Å². The summed E-state index contributed by atoms with van der Waals surface area (Å²) in [4.78, 5) is 10.6. The number of carbonyl (C=O) groups excluding carboxylic acids is 1. The van der Waals surface area contributed by atoms with Gasteiger partial charge in [0.1, 0.15) is 6.29 Å². The first-order valence-electron chi connectivity index (χ1n) is 5.65. The van der Waals surface area contributed by atoms with E-state index in [1.165, 1.54) is 7.11 Å². The highest BCUT2D eigenvalue weighted by atomic mass is 16.5. The molecule has 0 aliphatic carbocycles. The molecule has 0 amide bonds. The molecule has 1 N–H and O–H groups in total. The Morgan fingerprint density at radius 2 is 2.18 bits per heavy atom. The highest BCUT2D eigenvalue weighted by molar-refractivity contribution is 5.76. The van der Waals surface area contributed by atoms with Gasteiger partial charge in [0.25, 0.3) is 0 Å². The first kappa shape index (κ1) is 13.5.